The lowest BCUT2D eigenvalue weighted by Gasteiger charge is -2.27. The van der Waals surface area contributed by atoms with Crippen LogP contribution in [0.1, 0.15) is 22.4 Å². The third-order valence-electron chi connectivity index (χ3n) is 6.65. The van der Waals surface area contributed by atoms with E-state index in [9.17, 15) is 0 Å². The van der Waals surface area contributed by atoms with Gasteiger partial charge in [-0.05, 0) is 66.8 Å². The van der Waals surface area contributed by atoms with Crippen LogP contribution in [0.3, 0.4) is 0 Å². The molecule has 3 aromatic carbocycles. The monoisotopic (exact) mass is 470 g/mol. The van der Waals surface area contributed by atoms with Gasteiger partial charge in [0.25, 0.3) is 0 Å². The van der Waals surface area contributed by atoms with E-state index in [2.05, 4.69) is 90.0 Å². The molecule has 1 fully saturated rings. The van der Waals surface area contributed by atoms with E-state index < -0.39 is 0 Å². The molecular formula is C29H31ClN4. The highest BCUT2D eigenvalue weighted by molar-refractivity contribution is 6.35. The number of nitrogens with one attached hydrogen (secondary N) is 2. The first kappa shape index (κ1) is 22.9. The van der Waals surface area contributed by atoms with Crippen molar-refractivity contribution in [2.75, 3.05) is 31.5 Å². The molecule has 174 valence electrons. The predicted molar refractivity (Wildman–Crippen MR) is 144 cm³/mol. The number of aromatic nitrogens is 1. The molecule has 4 aromatic rings. The lowest BCUT2D eigenvalue weighted by Crippen LogP contribution is -2.42. The Labute approximate surface area is 207 Å². The summed E-state index contributed by atoms with van der Waals surface area (Å²) in [5.74, 6) is 0. The van der Waals surface area contributed by atoms with Crippen molar-refractivity contribution in [3.63, 3.8) is 0 Å². The molecule has 1 aromatic heterocycles. The van der Waals surface area contributed by atoms with Crippen LogP contribution in [0.4, 0.5) is 11.4 Å². The molecule has 0 bridgehead atoms. The van der Waals surface area contributed by atoms with Gasteiger partial charge < -0.3 is 10.6 Å². The number of pyridine rings is 1. The average molecular weight is 471 g/mol. The van der Waals surface area contributed by atoms with E-state index in [1.807, 2.05) is 6.92 Å². The largest absolute Gasteiger partial charge is 0.353 e. The van der Waals surface area contributed by atoms with E-state index in [1.54, 1.807) is 0 Å². The maximum absolute atomic E-state index is 6.79. The van der Waals surface area contributed by atoms with Crippen molar-refractivity contribution >= 4 is 33.9 Å². The van der Waals surface area contributed by atoms with Crippen LogP contribution >= 0.6 is 11.6 Å². The maximum Gasteiger partial charge on any atom is 0.0860 e. The summed E-state index contributed by atoms with van der Waals surface area (Å²) in [4.78, 5) is 7.25. The number of halogens is 1. The average Bonchev–Trinajstić information content (AvgIpc) is 2.85. The second kappa shape index (κ2) is 9.75. The van der Waals surface area contributed by atoms with Crippen LogP contribution in [0.2, 0.25) is 5.02 Å². The lowest BCUT2D eigenvalue weighted by molar-refractivity contribution is 0.233. The van der Waals surface area contributed by atoms with Crippen LogP contribution in [0, 0.1) is 20.8 Å². The molecule has 0 radical (unpaired) electrons. The van der Waals surface area contributed by atoms with Gasteiger partial charge in [0.2, 0.25) is 0 Å². The van der Waals surface area contributed by atoms with Gasteiger partial charge in [-0.25, -0.2) is 0 Å². The van der Waals surface area contributed by atoms with Gasteiger partial charge in [-0.1, -0.05) is 54.1 Å². The number of rotatable bonds is 5. The van der Waals surface area contributed by atoms with Gasteiger partial charge in [0.1, 0.15) is 0 Å². The van der Waals surface area contributed by atoms with Crippen molar-refractivity contribution < 1.29 is 0 Å². The summed E-state index contributed by atoms with van der Waals surface area (Å²) in [6.45, 7) is 11.5. The highest BCUT2D eigenvalue weighted by Crippen LogP contribution is 2.37. The number of aryl methyl sites for hydroxylation is 3. The number of fused-ring (bicyclic) bond motifs is 1. The van der Waals surface area contributed by atoms with E-state index in [0.717, 1.165) is 66.3 Å². The van der Waals surface area contributed by atoms with E-state index in [-0.39, 0.29) is 0 Å². The van der Waals surface area contributed by atoms with Gasteiger partial charge >= 0.3 is 0 Å². The van der Waals surface area contributed by atoms with Crippen LogP contribution in [-0.2, 0) is 6.54 Å². The molecule has 1 aliphatic heterocycles. The minimum Gasteiger partial charge on any atom is -0.353 e. The molecule has 5 rings (SSSR count). The van der Waals surface area contributed by atoms with E-state index in [4.69, 9.17) is 16.6 Å². The summed E-state index contributed by atoms with van der Waals surface area (Å²) in [7, 11) is 0. The lowest BCUT2D eigenvalue weighted by atomic mass is 10.0. The zero-order chi connectivity index (χ0) is 23.7. The Morgan fingerprint density at radius 1 is 0.912 bits per heavy atom. The van der Waals surface area contributed by atoms with Crippen LogP contribution in [-0.4, -0.2) is 36.1 Å². The third kappa shape index (κ3) is 4.80. The first-order valence-electron chi connectivity index (χ1n) is 11.9. The smallest absolute Gasteiger partial charge is 0.0860 e. The molecule has 1 aliphatic rings. The fourth-order valence-electron chi connectivity index (χ4n) is 4.60. The van der Waals surface area contributed by atoms with Gasteiger partial charge in [-0.15, -0.1) is 0 Å². The molecule has 0 aliphatic carbocycles. The molecule has 0 amide bonds. The van der Waals surface area contributed by atoms with E-state index >= 15 is 0 Å². The minimum atomic E-state index is 0.664. The van der Waals surface area contributed by atoms with Crippen LogP contribution in [0.25, 0.3) is 22.0 Å². The van der Waals surface area contributed by atoms with Gasteiger partial charge in [0, 0.05) is 43.8 Å². The number of hydrogen-bond donors (Lipinski definition) is 2. The number of nitrogens with zero attached hydrogens (tertiary/aromatic N) is 2. The number of hydrogen-bond acceptors (Lipinski definition) is 4. The summed E-state index contributed by atoms with van der Waals surface area (Å²) in [5.41, 5.74) is 9.84. The Morgan fingerprint density at radius 2 is 1.65 bits per heavy atom. The molecule has 34 heavy (non-hydrogen) atoms. The second-order valence-corrected chi connectivity index (χ2v) is 9.66. The van der Waals surface area contributed by atoms with Gasteiger partial charge in [0.15, 0.2) is 0 Å². The summed E-state index contributed by atoms with van der Waals surface area (Å²) in [6, 6.07) is 21.8. The Morgan fingerprint density at radius 3 is 2.41 bits per heavy atom. The van der Waals surface area contributed by atoms with Crippen LogP contribution < -0.4 is 10.6 Å². The molecule has 5 heteroatoms. The Kier molecular flexibility index (Phi) is 6.55. The quantitative estimate of drug-likeness (QED) is 0.343. The molecule has 0 saturated carbocycles. The predicted octanol–water partition coefficient (Wildman–Crippen LogP) is 6.63. The molecular weight excluding hydrogens is 440 g/mol. The zero-order valence-corrected chi connectivity index (χ0v) is 20.8. The molecule has 2 N–H and O–H groups in total. The highest BCUT2D eigenvalue weighted by Gasteiger charge is 2.14. The maximum atomic E-state index is 6.79. The first-order valence-corrected chi connectivity index (χ1v) is 12.3. The minimum absolute atomic E-state index is 0.664. The Hall–Kier alpha value is -2.92. The SMILES string of the molecule is Cc1ccc(C)c(Nc2c(Cl)c(C)nc3ccc(-c4ccc(CN5CCNCC5)cc4)cc23)c1. The number of benzene rings is 3. The first-order chi connectivity index (χ1) is 16.5. The standard InChI is InChI=1S/C29H31ClN4/c1-19-4-5-20(2)27(16-19)33-29-25-17-24(10-11-26(25)32-21(3)28(29)30)23-8-6-22(7-9-23)18-34-14-12-31-13-15-34/h4-11,16-17,31H,12-15,18H2,1-3H3,(H,32,33). The Balaban J connectivity index is 1.49. The highest BCUT2D eigenvalue weighted by atomic mass is 35.5. The fourth-order valence-corrected chi connectivity index (χ4v) is 4.79. The zero-order valence-electron chi connectivity index (χ0n) is 20.1. The van der Waals surface area contributed by atoms with Crippen LogP contribution in [0.5, 0.6) is 0 Å². The van der Waals surface area contributed by atoms with E-state index in [0.29, 0.717) is 5.02 Å². The molecule has 1 saturated heterocycles. The van der Waals surface area contributed by atoms with Crippen molar-refractivity contribution in [2.45, 2.75) is 27.3 Å². The molecule has 0 unspecified atom stereocenters. The van der Waals surface area contributed by atoms with Crippen molar-refractivity contribution in [1.29, 1.82) is 0 Å². The molecule has 4 nitrogen and oxygen atoms in total. The number of anilines is 2. The number of piperazine rings is 1. The van der Waals surface area contributed by atoms with Crippen molar-refractivity contribution in [3.05, 3.63) is 88.1 Å². The van der Waals surface area contributed by atoms with Gasteiger partial charge in [0.05, 0.1) is 21.9 Å². The summed E-state index contributed by atoms with van der Waals surface area (Å²) in [5, 5.41) is 8.72. The topological polar surface area (TPSA) is 40.2 Å². The summed E-state index contributed by atoms with van der Waals surface area (Å²) < 4.78 is 0. The van der Waals surface area contributed by atoms with Gasteiger partial charge in [-0.3, -0.25) is 9.88 Å². The van der Waals surface area contributed by atoms with E-state index in [1.165, 1.54) is 22.3 Å². The third-order valence-corrected chi connectivity index (χ3v) is 7.11. The normalized spacial score (nSPS) is 14.5. The van der Waals surface area contributed by atoms with Crippen LogP contribution in [0.15, 0.2) is 60.7 Å². The molecule has 0 spiro atoms. The van der Waals surface area contributed by atoms with Crippen molar-refractivity contribution in [2.24, 2.45) is 0 Å². The summed E-state index contributed by atoms with van der Waals surface area (Å²) in [6.07, 6.45) is 0. The molecule has 0 atom stereocenters. The summed E-state index contributed by atoms with van der Waals surface area (Å²) >= 11 is 6.79. The van der Waals surface area contributed by atoms with Crippen molar-refractivity contribution in [1.82, 2.24) is 15.2 Å². The van der Waals surface area contributed by atoms with Gasteiger partial charge in [-0.2, -0.15) is 0 Å². The molecule has 2 heterocycles. The second-order valence-electron chi connectivity index (χ2n) is 9.28. The Bertz CT molecular complexity index is 1320. The van der Waals surface area contributed by atoms with Crippen molar-refractivity contribution in [3.8, 4) is 11.1 Å². The fraction of sp³-hybridized carbons (Fsp3) is 0.276.